The summed E-state index contributed by atoms with van der Waals surface area (Å²) in [5, 5.41) is 12.0. The van der Waals surface area contributed by atoms with Crippen molar-refractivity contribution in [2.75, 3.05) is 18.4 Å². The Morgan fingerprint density at radius 3 is 2.52 bits per heavy atom. The summed E-state index contributed by atoms with van der Waals surface area (Å²) in [5.41, 5.74) is 0.145. The Balaban J connectivity index is 2.20. The highest BCUT2D eigenvalue weighted by atomic mass is 19.2. The molecule has 2 amide bonds. The molecule has 0 aromatic heterocycles. The van der Waals surface area contributed by atoms with Gasteiger partial charge in [-0.2, -0.15) is 0 Å². The third-order valence-corrected chi connectivity index (χ3v) is 3.16. The van der Waals surface area contributed by atoms with Crippen LogP contribution >= 0.6 is 0 Å². The number of anilines is 1. The number of aromatic hydroxyl groups is 1. The lowest BCUT2D eigenvalue weighted by atomic mass is 10.1. The Hall–Kier alpha value is -2.44. The first-order valence-electron chi connectivity index (χ1n) is 6.26. The first kappa shape index (κ1) is 15.0. The molecule has 0 bridgehead atoms. The topological polar surface area (TPSA) is 69.6 Å². The number of benzene rings is 1. The van der Waals surface area contributed by atoms with Crippen LogP contribution in [-0.4, -0.2) is 47.3 Å². The molecule has 2 rings (SSSR count). The first-order valence-corrected chi connectivity index (χ1v) is 6.26. The number of hydrogen-bond acceptors (Lipinski definition) is 3. The van der Waals surface area contributed by atoms with Gasteiger partial charge in [0.1, 0.15) is 5.75 Å². The van der Waals surface area contributed by atoms with Crippen molar-refractivity contribution in [3.63, 3.8) is 0 Å². The van der Waals surface area contributed by atoms with Crippen LogP contribution in [0.1, 0.15) is 10.4 Å². The Bertz CT molecular complexity index is 582. The number of hydrogen-bond donors (Lipinski definition) is 2. The van der Waals surface area contributed by atoms with Gasteiger partial charge in [-0.05, 0) is 24.3 Å². The van der Waals surface area contributed by atoms with E-state index in [0.29, 0.717) is 0 Å². The maximum Gasteiger partial charge on any atom is 0.254 e. The van der Waals surface area contributed by atoms with E-state index in [9.17, 15) is 23.5 Å². The molecule has 0 spiro atoms. The second-order valence-electron chi connectivity index (χ2n) is 4.67. The summed E-state index contributed by atoms with van der Waals surface area (Å²) < 4.78 is 26.3. The van der Waals surface area contributed by atoms with Crippen molar-refractivity contribution in [2.45, 2.75) is 12.3 Å². The van der Waals surface area contributed by atoms with Gasteiger partial charge in [0.25, 0.3) is 5.91 Å². The molecule has 0 aliphatic carbocycles. The van der Waals surface area contributed by atoms with Crippen LogP contribution < -0.4 is 5.32 Å². The minimum Gasteiger partial charge on any atom is -0.506 e. The van der Waals surface area contributed by atoms with Gasteiger partial charge >= 0.3 is 0 Å². The van der Waals surface area contributed by atoms with Crippen molar-refractivity contribution in [3.8, 4) is 5.75 Å². The minimum atomic E-state index is -1.69. The Morgan fingerprint density at radius 1 is 1.33 bits per heavy atom. The highest BCUT2D eigenvalue weighted by molar-refractivity contribution is 6.02. The molecule has 1 aliphatic heterocycles. The zero-order valence-electron chi connectivity index (χ0n) is 11.1. The standard InChI is InChI=1S/C14H14F2N2O3/c1-2-13(20)17-11-5-8(3-4-12(11)19)14(21)18-6-9(15)10(16)7-18/h2-5,9-10,19H,1,6-7H2,(H,17,20)/t9-,10+. The number of likely N-dealkylation sites (tertiary alicyclic amines) is 1. The van der Waals surface area contributed by atoms with E-state index in [0.717, 1.165) is 11.0 Å². The number of nitrogens with zero attached hydrogens (tertiary/aromatic N) is 1. The third-order valence-electron chi connectivity index (χ3n) is 3.16. The Kier molecular flexibility index (Phi) is 4.21. The van der Waals surface area contributed by atoms with E-state index in [1.54, 1.807) is 0 Å². The van der Waals surface area contributed by atoms with Crippen LogP contribution in [0.25, 0.3) is 0 Å². The molecule has 1 aromatic carbocycles. The molecule has 112 valence electrons. The van der Waals surface area contributed by atoms with Crippen molar-refractivity contribution in [2.24, 2.45) is 0 Å². The van der Waals surface area contributed by atoms with Crippen molar-refractivity contribution >= 4 is 17.5 Å². The quantitative estimate of drug-likeness (QED) is 0.658. The highest BCUT2D eigenvalue weighted by Gasteiger charge is 2.35. The zero-order valence-corrected chi connectivity index (χ0v) is 11.1. The molecule has 0 unspecified atom stereocenters. The molecule has 21 heavy (non-hydrogen) atoms. The van der Waals surface area contributed by atoms with Crippen LogP contribution in [0.15, 0.2) is 30.9 Å². The van der Waals surface area contributed by atoms with Gasteiger partial charge in [-0.3, -0.25) is 9.59 Å². The maximum absolute atomic E-state index is 13.1. The number of alkyl halides is 2. The summed E-state index contributed by atoms with van der Waals surface area (Å²) in [5.74, 6) is -1.34. The first-order chi connectivity index (χ1) is 9.92. The van der Waals surface area contributed by atoms with Crippen molar-refractivity contribution in [1.29, 1.82) is 0 Å². The van der Waals surface area contributed by atoms with E-state index in [1.807, 2.05) is 0 Å². The summed E-state index contributed by atoms with van der Waals surface area (Å²) in [6.07, 6.45) is -2.37. The fourth-order valence-corrected chi connectivity index (χ4v) is 2.03. The van der Waals surface area contributed by atoms with Crippen molar-refractivity contribution in [3.05, 3.63) is 36.4 Å². The number of rotatable bonds is 3. The molecular formula is C14H14F2N2O3. The number of carbonyl (C=O) groups excluding carboxylic acids is 2. The molecule has 0 radical (unpaired) electrons. The lowest BCUT2D eigenvalue weighted by Crippen LogP contribution is -2.29. The molecular weight excluding hydrogens is 282 g/mol. The van der Waals surface area contributed by atoms with E-state index in [2.05, 4.69) is 11.9 Å². The monoisotopic (exact) mass is 296 g/mol. The van der Waals surface area contributed by atoms with Gasteiger partial charge in [-0.15, -0.1) is 0 Å². The lowest BCUT2D eigenvalue weighted by molar-refractivity contribution is -0.111. The van der Waals surface area contributed by atoms with E-state index >= 15 is 0 Å². The SMILES string of the molecule is C=CC(=O)Nc1cc(C(=O)N2C[C@@H](F)[C@@H](F)C2)ccc1O. The van der Waals surface area contributed by atoms with Crippen LogP contribution in [0, 0.1) is 0 Å². The predicted octanol–water partition coefficient (Wildman–Crippen LogP) is 1.65. The highest BCUT2D eigenvalue weighted by Crippen LogP contribution is 2.26. The fraction of sp³-hybridized carbons (Fsp3) is 0.286. The maximum atomic E-state index is 13.1. The second kappa shape index (κ2) is 5.90. The van der Waals surface area contributed by atoms with Gasteiger partial charge < -0.3 is 15.3 Å². The Labute approximate surface area is 119 Å². The molecule has 7 heteroatoms. The van der Waals surface area contributed by atoms with E-state index in [4.69, 9.17) is 0 Å². The van der Waals surface area contributed by atoms with Gasteiger partial charge in [0.2, 0.25) is 5.91 Å². The number of halogens is 2. The van der Waals surface area contributed by atoms with Crippen LogP contribution in [0.4, 0.5) is 14.5 Å². The number of carbonyl (C=O) groups is 2. The molecule has 1 aliphatic rings. The zero-order chi connectivity index (χ0) is 15.6. The average Bonchev–Trinajstić information content (AvgIpc) is 2.80. The van der Waals surface area contributed by atoms with Crippen LogP contribution in [-0.2, 0) is 4.79 Å². The number of amides is 2. The van der Waals surface area contributed by atoms with Gasteiger partial charge in [0, 0.05) is 5.56 Å². The molecule has 2 N–H and O–H groups in total. The molecule has 5 nitrogen and oxygen atoms in total. The summed E-state index contributed by atoms with van der Waals surface area (Å²) in [6.45, 7) is 2.65. The fourth-order valence-electron chi connectivity index (χ4n) is 2.03. The van der Waals surface area contributed by atoms with E-state index < -0.39 is 24.2 Å². The van der Waals surface area contributed by atoms with Crippen molar-refractivity contribution < 1.29 is 23.5 Å². The molecule has 1 fully saturated rings. The van der Waals surface area contributed by atoms with Crippen LogP contribution in [0.5, 0.6) is 5.75 Å². The van der Waals surface area contributed by atoms with E-state index in [-0.39, 0.29) is 30.1 Å². The minimum absolute atomic E-state index is 0.0264. The number of phenols is 1. The number of phenolic OH excluding ortho intramolecular Hbond substituents is 1. The molecule has 1 heterocycles. The van der Waals surface area contributed by atoms with Gasteiger partial charge in [-0.25, -0.2) is 8.78 Å². The van der Waals surface area contributed by atoms with Gasteiger partial charge in [0.05, 0.1) is 18.8 Å². The predicted molar refractivity (Wildman–Crippen MR) is 72.6 cm³/mol. The van der Waals surface area contributed by atoms with Crippen molar-refractivity contribution in [1.82, 2.24) is 4.90 Å². The summed E-state index contributed by atoms with van der Waals surface area (Å²) >= 11 is 0. The second-order valence-corrected chi connectivity index (χ2v) is 4.67. The molecule has 2 atom stereocenters. The summed E-state index contributed by atoms with van der Waals surface area (Å²) in [7, 11) is 0. The normalized spacial score (nSPS) is 21.1. The summed E-state index contributed by atoms with van der Waals surface area (Å²) in [4.78, 5) is 24.4. The number of nitrogens with one attached hydrogen (secondary N) is 1. The third kappa shape index (κ3) is 3.18. The average molecular weight is 296 g/mol. The van der Waals surface area contributed by atoms with Crippen LogP contribution in [0.3, 0.4) is 0 Å². The smallest absolute Gasteiger partial charge is 0.254 e. The van der Waals surface area contributed by atoms with Gasteiger partial charge in [-0.1, -0.05) is 6.58 Å². The molecule has 0 saturated carbocycles. The van der Waals surface area contributed by atoms with Crippen LogP contribution in [0.2, 0.25) is 0 Å². The largest absolute Gasteiger partial charge is 0.506 e. The molecule has 1 aromatic rings. The Morgan fingerprint density at radius 2 is 1.95 bits per heavy atom. The van der Waals surface area contributed by atoms with Gasteiger partial charge in [0.15, 0.2) is 12.3 Å². The van der Waals surface area contributed by atoms with E-state index in [1.165, 1.54) is 18.2 Å². The lowest BCUT2D eigenvalue weighted by Gasteiger charge is -2.16. The molecule has 1 saturated heterocycles. The summed E-state index contributed by atoms with van der Waals surface area (Å²) in [6, 6.07) is 3.79.